The first-order valence-electron chi connectivity index (χ1n) is 11.0. The van der Waals surface area contributed by atoms with Gasteiger partial charge in [-0.15, -0.1) is 0 Å². The van der Waals surface area contributed by atoms with Crippen molar-refractivity contribution >= 4 is 23.7 Å². The Balaban J connectivity index is 1.43. The third kappa shape index (κ3) is 5.63. The molecular weight excluding hydrogens is 378 g/mol. The van der Waals surface area contributed by atoms with Crippen molar-refractivity contribution in [1.82, 2.24) is 9.80 Å². The Bertz CT molecular complexity index is 774. The molecule has 1 saturated carbocycles. The van der Waals surface area contributed by atoms with Gasteiger partial charge in [-0.25, -0.2) is 0 Å². The van der Waals surface area contributed by atoms with Gasteiger partial charge in [0.05, 0.1) is 6.54 Å². The predicted octanol–water partition coefficient (Wildman–Crippen LogP) is 2.50. The highest BCUT2D eigenvalue weighted by Gasteiger charge is 2.34. The maximum atomic E-state index is 12.5. The molecule has 1 amide bonds. The van der Waals surface area contributed by atoms with E-state index in [0.717, 1.165) is 38.3 Å². The fourth-order valence-electron chi connectivity index (χ4n) is 4.17. The number of hydrogen-bond donors (Lipinski definition) is 0. The van der Waals surface area contributed by atoms with E-state index in [2.05, 4.69) is 9.89 Å². The van der Waals surface area contributed by atoms with Gasteiger partial charge in [0.25, 0.3) is 0 Å². The summed E-state index contributed by atoms with van der Waals surface area (Å²) in [5.74, 6) is -0.502. The number of Topliss-reactive ketones (excluding diaryl/α,β-unsaturated/α-hetero) is 2. The number of carbonyl (C=O) groups is 3. The minimum atomic E-state index is -0.688. The van der Waals surface area contributed by atoms with Crippen LogP contribution in [0.5, 0.6) is 0 Å². The number of amides is 1. The lowest BCUT2D eigenvalue weighted by Gasteiger charge is -2.35. The number of nitrogens with zero attached hydrogens (tertiary/aromatic N) is 3. The summed E-state index contributed by atoms with van der Waals surface area (Å²) in [6, 6.07) is 8.08. The van der Waals surface area contributed by atoms with Crippen LogP contribution in [0.2, 0.25) is 0 Å². The Labute approximate surface area is 179 Å². The third-order valence-electron chi connectivity index (χ3n) is 6.12. The molecule has 0 atom stereocenters. The molecule has 0 unspecified atom stereocenters. The van der Waals surface area contributed by atoms with Crippen LogP contribution < -0.4 is 0 Å². The van der Waals surface area contributed by atoms with Crippen LogP contribution in [0.25, 0.3) is 0 Å². The molecule has 6 heteroatoms. The van der Waals surface area contributed by atoms with Gasteiger partial charge in [-0.1, -0.05) is 43.7 Å². The number of carbonyl (C=O) groups excluding carboxylic acids is 3. The molecule has 2 aliphatic rings. The molecule has 2 fully saturated rings. The first-order chi connectivity index (χ1) is 14.3. The number of benzene rings is 1. The number of hydrogen-bond acceptors (Lipinski definition) is 5. The van der Waals surface area contributed by atoms with E-state index in [9.17, 15) is 14.4 Å². The first-order valence-corrected chi connectivity index (χ1v) is 11.0. The summed E-state index contributed by atoms with van der Waals surface area (Å²) in [7, 11) is 0. The molecule has 1 heterocycles. The van der Waals surface area contributed by atoms with E-state index in [4.69, 9.17) is 0 Å². The molecule has 6 nitrogen and oxygen atoms in total. The van der Waals surface area contributed by atoms with Gasteiger partial charge in [-0.3, -0.25) is 24.3 Å². The zero-order chi connectivity index (χ0) is 21.7. The molecule has 1 aromatic rings. The summed E-state index contributed by atoms with van der Waals surface area (Å²) in [4.78, 5) is 45.7. The minimum Gasteiger partial charge on any atom is -0.340 e. The van der Waals surface area contributed by atoms with E-state index in [1.165, 1.54) is 5.56 Å². The van der Waals surface area contributed by atoms with Crippen molar-refractivity contribution in [2.24, 2.45) is 16.8 Å². The van der Waals surface area contributed by atoms with Gasteiger partial charge in [0.15, 0.2) is 0 Å². The topological polar surface area (TPSA) is 70.1 Å². The molecule has 1 aromatic carbocycles. The SMILES string of the molecule is Cc1ccc(C2CC(=O)C(C=NCCN3CCN(C(=O)C(C)C)CC3)C(=O)C2)cc1. The Morgan fingerprint density at radius 2 is 1.67 bits per heavy atom. The number of aliphatic imine (C=N–C) groups is 1. The van der Waals surface area contributed by atoms with Gasteiger partial charge in [-0.05, 0) is 18.4 Å². The maximum absolute atomic E-state index is 12.5. The zero-order valence-electron chi connectivity index (χ0n) is 18.3. The number of piperazine rings is 1. The average molecular weight is 412 g/mol. The Morgan fingerprint density at radius 1 is 1.07 bits per heavy atom. The lowest BCUT2D eigenvalue weighted by atomic mass is 9.77. The van der Waals surface area contributed by atoms with Gasteiger partial charge >= 0.3 is 0 Å². The maximum Gasteiger partial charge on any atom is 0.225 e. The first kappa shape index (κ1) is 22.3. The molecule has 0 aromatic heterocycles. The second kappa shape index (κ2) is 10.1. The van der Waals surface area contributed by atoms with Crippen molar-refractivity contribution in [3.8, 4) is 0 Å². The summed E-state index contributed by atoms with van der Waals surface area (Å²) in [5, 5.41) is 0. The van der Waals surface area contributed by atoms with Crippen LogP contribution in [0.3, 0.4) is 0 Å². The van der Waals surface area contributed by atoms with Crippen LogP contribution in [0.4, 0.5) is 0 Å². The molecule has 1 aliphatic heterocycles. The highest BCUT2D eigenvalue weighted by Crippen LogP contribution is 2.31. The normalized spacial score (nSPS) is 23.5. The number of ketones is 2. The lowest BCUT2D eigenvalue weighted by molar-refractivity contribution is -0.136. The lowest BCUT2D eigenvalue weighted by Crippen LogP contribution is -2.50. The number of rotatable bonds is 6. The van der Waals surface area contributed by atoms with Crippen LogP contribution >= 0.6 is 0 Å². The summed E-state index contributed by atoms with van der Waals surface area (Å²) in [5.41, 5.74) is 2.23. The second-order valence-corrected chi connectivity index (χ2v) is 8.80. The largest absolute Gasteiger partial charge is 0.340 e. The van der Waals surface area contributed by atoms with Crippen LogP contribution in [0.15, 0.2) is 29.3 Å². The van der Waals surface area contributed by atoms with Crippen molar-refractivity contribution in [1.29, 1.82) is 0 Å². The van der Waals surface area contributed by atoms with Crippen LogP contribution in [-0.4, -0.2) is 72.8 Å². The van der Waals surface area contributed by atoms with Gasteiger partial charge < -0.3 is 4.90 Å². The fourth-order valence-corrected chi connectivity index (χ4v) is 4.17. The molecule has 30 heavy (non-hydrogen) atoms. The summed E-state index contributed by atoms with van der Waals surface area (Å²) >= 11 is 0. The van der Waals surface area contributed by atoms with E-state index in [1.807, 2.05) is 49.9 Å². The van der Waals surface area contributed by atoms with E-state index in [0.29, 0.717) is 19.4 Å². The van der Waals surface area contributed by atoms with Gasteiger partial charge in [-0.2, -0.15) is 0 Å². The zero-order valence-corrected chi connectivity index (χ0v) is 18.3. The summed E-state index contributed by atoms with van der Waals surface area (Å²) < 4.78 is 0. The van der Waals surface area contributed by atoms with E-state index in [-0.39, 0.29) is 29.3 Å². The average Bonchev–Trinajstić information content (AvgIpc) is 2.73. The minimum absolute atomic E-state index is 0.0138. The van der Waals surface area contributed by atoms with Gasteiger partial charge in [0.2, 0.25) is 5.91 Å². The van der Waals surface area contributed by atoms with Crippen molar-refractivity contribution in [3.05, 3.63) is 35.4 Å². The molecule has 1 saturated heterocycles. The summed E-state index contributed by atoms with van der Waals surface area (Å²) in [6.07, 6.45) is 2.36. The smallest absolute Gasteiger partial charge is 0.225 e. The van der Waals surface area contributed by atoms with Crippen LogP contribution in [-0.2, 0) is 14.4 Å². The predicted molar refractivity (Wildman–Crippen MR) is 118 cm³/mol. The quantitative estimate of drug-likeness (QED) is 0.533. The van der Waals surface area contributed by atoms with Crippen LogP contribution in [0, 0.1) is 18.8 Å². The third-order valence-corrected chi connectivity index (χ3v) is 6.12. The Kier molecular flexibility index (Phi) is 7.53. The van der Waals surface area contributed by atoms with Gasteiger partial charge in [0.1, 0.15) is 17.5 Å². The molecule has 0 N–H and O–H groups in total. The van der Waals surface area contributed by atoms with Gasteiger partial charge in [0, 0.05) is 57.7 Å². The molecular formula is C24H33N3O3. The highest BCUT2D eigenvalue weighted by atomic mass is 16.2. The van der Waals surface area contributed by atoms with Crippen LogP contribution in [0.1, 0.15) is 43.7 Å². The van der Waals surface area contributed by atoms with E-state index in [1.54, 1.807) is 6.21 Å². The van der Waals surface area contributed by atoms with E-state index >= 15 is 0 Å². The molecule has 3 rings (SSSR count). The van der Waals surface area contributed by atoms with E-state index < -0.39 is 5.92 Å². The van der Waals surface area contributed by atoms with Crippen molar-refractivity contribution in [2.75, 3.05) is 39.3 Å². The van der Waals surface area contributed by atoms with Crippen molar-refractivity contribution in [2.45, 2.75) is 39.5 Å². The highest BCUT2D eigenvalue weighted by molar-refractivity contribution is 6.16. The molecule has 162 valence electrons. The molecule has 1 aliphatic carbocycles. The molecule has 0 spiro atoms. The fraction of sp³-hybridized carbons (Fsp3) is 0.583. The second-order valence-electron chi connectivity index (χ2n) is 8.80. The monoisotopic (exact) mass is 411 g/mol. The van der Waals surface area contributed by atoms with Crippen molar-refractivity contribution < 1.29 is 14.4 Å². The molecule has 0 bridgehead atoms. The Morgan fingerprint density at radius 3 is 2.23 bits per heavy atom. The summed E-state index contributed by atoms with van der Waals surface area (Å²) in [6.45, 7) is 10.4. The Hall–Kier alpha value is -2.34. The standard InChI is InChI=1S/C24H33N3O3/c1-17(2)24(30)27-12-10-26(11-13-27)9-8-25-16-21-22(28)14-20(15-23(21)29)19-6-4-18(3)5-7-19/h4-7,16-17,20-21H,8-15H2,1-3H3. The number of aryl methyl sites for hydroxylation is 1. The van der Waals surface area contributed by atoms with Crippen molar-refractivity contribution in [3.63, 3.8) is 0 Å². The molecule has 0 radical (unpaired) electrons.